The molecule has 164 valence electrons. The molecule has 0 aromatic rings. The van der Waals surface area contributed by atoms with Crippen molar-refractivity contribution in [2.45, 2.75) is 104 Å². The highest BCUT2D eigenvalue weighted by molar-refractivity contribution is 6.20. The zero-order valence-electron chi connectivity index (χ0n) is 18.5. The van der Waals surface area contributed by atoms with Gasteiger partial charge in [0, 0.05) is 11.6 Å². The number of hydrogen-bond acceptors (Lipinski definition) is 4. The predicted molar refractivity (Wildman–Crippen MR) is 119 cm³/mol. The first-order valence-electron chi connectivity index (χ1n) is 11.6. The van der Waals surface area contributed by atoms with Gasteiger partial charge in [0.1, 0.15) is 0 Å². The Morgan fingerprint density at radius 1 is 0.828 bits per heavy atom. The van der Waals surface area contributed by atoms with Gasteiger partial charge < -0.3 is 9.84 Å². The Labute approximate surface area is 177 Å². The van der Waals surface area contributed by atoms with Crippen LogP contribution < -0.4 is 0 Å². The van der Waals surface area contributed by atoms with E-state index in [2.05, 4.69) is 19.1 Å². The molecule has 1 aliphatic rings. The monoisotopic (exact) mass is 404 g/mol. The van der Waals surface area contributed by atoms with Gasteiger partial charge >= 0.3 is 0 Å². The lowest BCUT2D eigenvalue weighted by molar-refractivity contribution is -0.120. The fourth-order valence-electron chi connectivity index (χ4n) is 3.53. The van der Waals surface area contributed by atoms with Crippen molar-refractivity contribution >= 4 is 11.6 Å². The summed E-state index contributed by atoms with van der Waals surface area (Å²) >= 11 is 0. The van der Waals surface area contributed by atoms with Crippen molar-refractivity contribution in [2.24, 2.45) is 0 Å². The molecule has 4 heteroatoms. The van der Waals surface area contributed by atoms with Crippen LogP contribution in [0.3, 0.4) is 0 Å². The highest BCUT2D eigenvalue weighted by atomic mass is 16.5. The molecule has 0 atom stereocenters. The molecule has 0 bridgehead atoms. The van der Waals surface area contributed by atoms with Gasteiger partial charge in [-0.05, 0) is 45.4 Å². The highest BCUT2D eigenvalue weighted by Crippen LogP contribution is 2.23. The first-order valence-corrected chi connectivity index (χ1v) is 11.6. The molecule has 0 spiro atoms. The third kappa shape index (κ3) is 10.5. The molecule has 0 unspecified atom stereocenters. The molecule has 29 heavy (non-hydrogen) atoms. The zero-order valence-corrected chi connectivity index (χ0v) is 18.5. The van der Waals surface area contributed by atoms with E-state index in [9.17, 15) is 14.7 Å². The first kappa shape index (κ1) is 25.2. The molecule has 0 saturated carbocycles. The van der Waals surface area contributed by atoms with E-state index < -0.39 is 11.5 Å². The maximum atomic E-state index is 12.3. The molecular formula is C25H40O4. The molecule has 1 aliphatic carbocycles. The van der Waals surface area contributed by atoms with Gasteiger partial charge in [0.2, 0.25) is 11.6 Å². The maximum absolute atomic E-state index is 12.3. The van der Waals surface area contributed by atoms with Crippen LogP contribution in [0.25, 0.3) is 0 Å². The maximum Gasteiger partial charge on any atom is 0.227 e. The number of carbonyl (C=O) groups is 2. The van der Waals surface area contributed by atoms with Gasteiger partial charge in [-0.15, -0.1) is 0 Å². The van der Waals surface area contributed by atoms with Gasteiger partial charge in [-0.25, -0.2) is 0 Å². The summed E-state index contributed by atoms with van der Waals surface area (Å²) in [7, 11) is 0. The molecular weight excluding hydrogens is 364 g/mol. The predicted octanol–water partition coefficient (Wildman–Crippen LogP) is 6.91. The van der Waals surface area contributed by atoms with Crippen molar-refractivity contribution in [3.8, 4) is 0 Å². The van der Waals surface area contributed by atoms with E-state index in [1.807, 2.05) is 0 Å². The van der Waals surface area contributed by atoms with Crippen molar-refractivity contribution in [3.63, 3.8) is 0 Å². The van der Waals surface area contributed by atoms with Crippen LogP contribution in [-0.2, 0) is 14.3 Å². The van der Waals surface area contributed by atoms with Crippen LogP contribution >= 0.6 is 0 Å². The summed E-state index contributed by atoms with van der Waals surface area (Å²) in [5, 5.41) is 9.91. The summed E-state index contributed by atoms with van der Waals surface area (Å²) in [4.78, 5) is 24.1. The molecule has 0 saturated heterocycles. The van der Waals surface area contributed by atoms with Crippen molar-refractivity contribution in [2.75, 3.05) is 6.61 Å². The summed E-state index contributed by atoms with van der Waals surface area (Å²) in [5.41, 5.74) is 0.211. The summed E-state index contributed by atoms with van der Waals surface area (Å²) in [5.74, 6) is -1.22. The average Bonchev–Trinajstić information content (AvgIpc) is 2.71. The Kier molecular flexibility index (Phi) is 13.9. The topological polar surface area (TPSA) is 63.6 Å². The number of ether oxygens (including phenoxy) is 1. The normalized spacial score (nSPS) is 14.8. The van der Waals surface area contributed by atoms with Crippen LogP contribution in [-0.4, -0.2) is 23.3 Å². The Morgan fingerprint density at radius 2 is 1.38 bits per heavy atom. The van der Waals surface area contributed by atoms with Crippen LogP contribution in [0.15, 0.2) is 35.3 Å². The van der Waals surface area contributed by atoms with Gasteiger partial charge in [-0.2, -0.15) is 0 Å². The number of aliphatic hydroxyl groups is 1. The minimum atomic E-state index is -0.530. The fraction of sp³-hybridized carbons (Fsp3) is 0.680. The lowest BCUT2D eigenvalue weighted by atomic mass is 9.94. The van der Waals surface area contributed by atoms with Crippen LogP contribution in [0.5, 0.6) is 0 Å². The summed E-state index contributed by atoms with van der Waals surface area (Å²) in [6.45, 7) is 4.34. The molecule has 0 aromatic carbocycles. The average molecular weight is 405 g/mol. The molecule has 0 fully saturated rings. The minimum Gasteiger partial charge on any atom is -0.504 e. The number of hydrogen-bond donors (Lipinski definition) is 1. The molecule has 1 rings (SSSR count). The Bertz CT molecular complexity index is 584. The number of ketones is 2. The minimum absolute atomic E-state index is 0.0558. The number of rotatable bonds is 17. The van der Waals surface area contributed by atoms with Crippen LogP contribution in [0, 0.1) is 0 Å². The van der Waals surface area contributed by atoms with Crippen LogP contribution in [0.2, 0.25) is 0 Å². The lowest BCUT2D eigenvalue weighted by Crippen LogP contribution is -2.21. The first-order chi connectivity index (χ1) is 14.1. The number of allylic oxidation sites excluding steroid dienone is 4. The van der Waals surface area contributed by atoms with Crippen LogP contribution in [0.4, 0.5) is 0 Å². The van der Waals surface area contributed by atoms with E-state index in [-0.39, 0.29) is 17.1 Å². The van der Waals surface area contributed by atoms with Crippen molar-refractivity contribution in [3.05, 3.63) is 35.3 Å². The highest BCUT2D eigenvalue weighted by Gasteiger charge is 2.28. The van der Waals surface area contributed by atoms with E-state index in [1.54, 1.807) is 6.92 Å². The van der Waals surface area contributed by atoms with Gasteiger partial charge in [-0.1, -0.05) is 70.4 Å². The van der Waals surface area contributed by atoms with E-state index in [0.717, 1.165) is 25.3 Å². The molecule has 0 radical (unpaired) electrons. The SMILES string of the molecule is CCCCCC/C=C\CCCCCCCCCC1=C(O)C(=O)C=C(OCC)C1=O. The molecule has 0 heterocycles. The van der Waals surface area contributed by atoms with Crippen LogP contribution in [0.1, 0.15) is 104 Å². The summed E-state index contributed by atoms with van der Waals surface area (Å²) in [6, 6.07) is 0. The fourth-order valence-corrected chi connectivity index (χ4v) is 3.53. The molecule has 4 nitrogen and oxygen atoms in total. The van der Waals surface area contributed by atoms with E-state index in [4.69, 9.17) is 4.74 Å². The van der Waals surface area contributed by atoms with E-state index in [0.29, 0.717) is 13.0 Å². The van der Waals surface area contributed by atoms with E-state index in [1.165, 1.54) is 64.2 Å². The quantitative estimate of drug-likeness (QED) is 0.162. The van der Waals surface area contributed by atoms with Crippen molar-refractivity contribution < 1.29 is 19.4 Å². The molecule has 1 N–H and O–H groups in total. The summed E-state index contributed by atoms with van der Waals surface area (Å²) in [6.07, 6.45) is 21.8. The van der Waals surface area contributed by atoms with Gasteiger partial charge in [0.05, 0.1) is 6.61 Å². The smallest absolute Gasteiger partial charge is 0.227 e. The van der Waals surface area contributed by atoms with Gasteiger partial charge in [-0.3, -0.25) is 9.59 Å². The molecule has 0 aliphatic heterocycles. The second kappa shape index (κ2) is 16.0. The second-order valence-electron chi connectivity index (χ2n) is 7.80. The third-order valence-corrected chi connectivity index (χ3v) is 5.27. The van der Waals surface area contributed by atoms with E-state index >= 15 is 0 Å². The number of carbonyl (C=O) groups excluding carboxylic acids is 2. The van der Waals surface area contributed by atoms with Crippen molar-refractivity contribution in [1.82, 2.24) is 0 Å². The largest absolute Gasteiger partial charge is 0.504 e. The standard InChI is InChI=1S/C25H40O4/c1-3-5-6-7-8-9-10-11-12-13-14-15-16-17-18-19-21-24(27)22(26)20-23(25(21)28)29-4-2/h9-10,20,27H,3-8,11-19H2,1-2H3/b10-9-. The Hall–Kier alpha value is -1.84. The van der Waals surface area contributed by atoms with Crippen molar-refractivity contribution in [1.29, 1.82) is 0 Å². The Balaban J connectivity index is 2.05. The molecule has 0 amide bonds. The van der Waals surface area contributed by atoms with Gasteiger partial charge in [0.25, 0.3) is 0 Å². The summed E-state index contributed by atoms with van der Waals surface area (Å²) < 4.78 is 5.21. The zero-order chi connectivity index (χ0) is 21.3. The van der Waals surface area contributed by atoms with Gasteiger partial charge in [0.15, 0.2) is 11.5 Å². The number of aliphatic hydroxyl groups excluding tert-OH is 1. The lowest BCUT2D eigenvalue weighted by Gasteiger charge is -2.15. The Morgan fingerprint density at radius 3 is 1.97 bits per heavy atom. The second-order valence-corrected chi connectivity index (χ2v) is 7.80. The third-order valence-electron chi connectivity index (χ3n) is 5.27. The number of unbranched alkanes of at least 4 members (excludes halogenated alkanes) is 11. The number of Topliss-reactive ketones (excluding diaryl/α,β-unsaturated/α-hetero) is 1. The molecule has 0 aromatic heterocycles.